The lowest BCUT2D eigenvalue weighted by molar-refractivity contribution is -0.274. The molecule has 1 N–H and O–H groups in total. The van der Waals surface area contributed by atoms with Crippen LogP contribution in [0.4, 0.5) is 0 Å². The van der Waals surface area contributed by atoms with E-state index in [1.165, 1.54) is 0 Å². The van der Waals surface area contributed by atoms with Gasteiger partial charge in [-0.25, -0.2) is 9.59 Å². The first-order chi connectivity index (χ1) is 19.3. The molecule has 1 unspecified atom stereocenters. The number of fused-ring (bicyclic) bond motifs is 3. The van der Waals surface area contributed by atoms with Crippen molar-refractivity contribution in [3.8, 4) is 0 Å². The maximum Gasteiger partial charge on any atom is 0.338 e. The Kier molecular flexibility index (Phi) is 7.14. The smallest absolute Gasteiger partial charge is 0.338 e. The molecule has 6 rings (SSSR count). The second-order valence-electron chi connectivity index (χ2n) is 13.8. The molecule has 0 radical (unpaired) electrons. The van der Waals surface area contributed by atoms with Gasteiger partial charge in [-0.2, -0.15) is 0 Å². The molecule has 3 saturated carbocycles. The van der Waals surface area contributed by atoms with E-state index < -0.39 is 22.5 Å². The van der Waals surface area contributed by atoms with E-state index in [1.54, 1.807) is 24.3 Å². The van der Waals surface area contributed by atoms with E-state index >= 15 is 0 Å². The van der Waals surface area contributed by atoms with Crippen molar-refractivity contribution in [3.63, 3.8) is 0 Å². The normalized spacial score (nSPS) is 36.6. The Morgan fingerprint density at radius 3 is 2.10 bits per heavy atom. The lowest BCUT2D eigenvalue weighted by atomic mass is 9.39. The summed E-state index contributed by atoms with van der Waals surface area (Å²) in [6.45, 7) is 7.08. The van der Waals surface area contributed by atoms with Crippen molar-refractivity contribution < 1.29 is 24.2 Å². The number of hydrogen-bond acceptors (Lipinski definition) is 5. The van der Waals surface area contributed by atoms with Crippen LogP contribution in [0.25, 0.3) is 0 Å². The van der Waals surface area contributed by atoms with Crippen LogP contribution in [0.15, 0.2) is 69.6 Å². The Bertz CT molecular complexity index is 1380. The van der Waals surface area contributed by atoms with Crippen LogP contribution >= 0.6 is 31.9 Å². The lowest BCUT2D eigenvalue weighted by Crippen LogP contribution is -2.72. The number of ether oxygens (including phenoxy) is 2. The zero-order chi connectivity index (χ0) is 29.3. The summed E-state index contributed by atoms with van der Waals surface area (Å²) in [6.07, 6.45) is 9.27. The summed E-state index contributed by atoms with van der Waals surface area (Å²) in [5.41, 5.74) is -1.38. The van der Waals surface area contributed by atoms with Crippen molar-refractivity contribution >= 4 is 43.8 Å². The molecule has 218 valence electrons. The molecule has 5 nitrogen and oxygen atoms in total. The fourth-order valence-electron chi connectivity index (χ4n) is 9.08. The van der Waals surface area contributed by atoms with Gasteiger partial charge in [0.2, 0.25) is 0 Å². The maximum absolute atomic E-state index is 13.5. The van der Waals surface area contributed by atoms with E-state index in [-0.39, 0.29) is 28.7 Å². The predicted octanol–water partition coefficient (Wildman–Crippen LogP) is 8.29. The lowest BCUT2D eigenvalue weighted by Gasteiger charge is -2.68. The number of aliphatic hydroxyl groups is 1. The predicted molar refractivity (Wildman–Crippen MR) is 164 cm³/mol. The van der Waals surface area contributed by atoms with Crippen LogP contribution < -0.4 is 0 Å². The Balaban J connectivity index is 1.33. The molecule has 2 aromatic rings. The van der Waals surface area contributed by atoms with Gasteiger partial charge in [0.25, 0.3) is 0 Å². The van der Waals surface area contributed by atoms with Gasteiger partial charge in [0.1, 0.15) is 6.10 Å². The molecule has 41 heavy (non-hydrogen) atoms. The van der Waals surface area contributed by atoms with Gasteiger partial charge < -0.3 is 14.6 Å². The summed E-state index contributed by atoms with van der Waals surface area (Å²) in [7, 11) is 0. The molecule has 7 heteroatoms. The largest absolute Gasteiger partial charge is 0.462 e. The second kappa shape index (κ2) is 10.1. The average Bonchev–Trinajstić information content (AvgIpc) is 3.27. The Morgan fingerprint density at radius 2 is 1.46 bits per heavy atom. The van der Waals surface area contributed by atoms with Crippen LogP contribution in [-0.2, 0) is 9.47 Å². The van der Waals surface area contributed by atoms with Crippen LogP contribution in [-0.4, -0.2) is 35.4 Å². The highest BCUT2D eigenvalue weighted by Crippen LogP contribution is 2.75. The number of benzene rings is 2. The van der Waals surface area contributed by atoms with Gasteiger partial charge in [0.05, 0.1) is 23.3 Å². The number of allylic oxidation sites excluding steroid dienone is 1. The van der Waals surface area contributed by atoms with Gasteiger partial charge in [-0.15, -0.1) is 0 Å². The Morgan fingerprint density at radius 1 is 0.878 bits per heavy atom. The molecule has 0 amide bonds. The summed E-state index contributed by atoms with van der Waals surface area (Å²) >= 11 is 6.86. The first kappa shape index (κ1) is 29.1. The fraction of sp³-hybridized carbons (Fsp3) is 0.529. The summed E-state index contributed by atoms with van der Waals surface area (Å²) in [5, 5.41) is 13.0. The van der Waals surface area contributed by atoms with Crippen molar-refractivity contribution in [2.24, 2.45) is 27.6 Å². The topological polar surface area (TPSA) is 72.8 Å². The van der Waals surface area contributed by atoms with Crippen molar-refractivity contribution in [2.75, 3.05) is 6.61 Å². The van der Waals surface area contributed by atoms with E-state index in [2.05, 4.69) is 64.8 Å². The first-order valence-electron chi connectivity index (χ1n) is 14.6. The molecule has 4 aliphatic rings. The minimum absolute atomic E-state index is 0.0452. The summed E-state index contributed by atoms with van der Waals surface area (Å²) in [6, 6.07) is 14.4. The van der Waals surface area contributed by atoms with Gasteiger partial charge >= 0.3 is 11.9 Å². The standard InChI is InChI=1S/C34H38Br2O5/c1-30(2)13-4-14-31(3)26(30)19-27(41-29(38)23-7-11-25(36)12-8-23)33-17-15-32(20-33,16-18-34(31,33)39)21-40-28(37)22-5-9-24(35)10-6-22/h4-12,14,26-27,39H,13,15-21H2,1-3H3/t26-,27?,31-,32-,33+,34-/m1/s1. The first-order valence-corrected chi connectivity index (χ1v) is 16.2. The van der Waals surface area contributed by atoms with Crippen LogP contribution in [0.3, 0.4) is 0 Å². The Labute approximate surface area is 259 Å². The molecule has 2 bridgehead atoms. The number of rotatable bonds is 5. The molecule has 6 atom stereocenters. The second-order valence-corrected chi connectivity index (χ2v) is 15.7. The van der Waals surface area contributed by atoms with Gasteiger partial charge in [-0.3, -0.25) is 0 Å². The minimum Gasteiger partial charge on any atom is -0.462 e. The van der Waals surface area contributed by atoms with Gasteiger partial charge in [0.15, 0.2) is 0 Å². The zero-order valence-corrected chi connectivity index (χ0v) is 27.1. The molecule has 3 fully saturated rings. The molecule has 1 spiro atoms. The minimum atomic E-state index is -1.04. The maximum atomic E-state index is 13.5. The highest BCUT2D eigenvalue weighted by Gasteiger charge is 2.76. The van der Waals surface area contributed by atoms with Gasteiger partial charge in [-0.05, 0) is 105 Å². The zero-order valence-electron chi connectivity index (χ0n) is 23.9. The number of hydrogen-bond donors (Lipinski definition) is 1. The number of halogens is 2. The van der Waals surface area contributed by atoms with Crippen LogP contribution in [0.1, 0.15) is 86.4 Å². The van der Waals surface area contributed by atoms with Gasteiger partial charge in [-0.1, -0.05) is 64.8 Å². The monoisotopic (exact) mass is 684 g/mol. The van der Waals surface area contributed by atoms with Crippen LogP contribution in [0.2, 0.25) is 0 Å². The fourth-order valence-corrected chi connectivity index (χ4v) is 9.61. The summed E-state index contributed by atoms with van der Waals surface area (Å²) in [5.74, 6) is -0.530. The third-order valence-electron chi connectivity index (χ3n) is 11.3. The van der Waals surface area contributed by atoms with Crippen LogP contribution in [0, 0.1) is 27.6 Å². The number of carbonyl (C=O) groups is 2. The highest BCUT2D eigenvalue weighted by atomic mass is 79.9. The third kappa shape index (κ3) is 4.56. The summed E-state index contributed by atoms with van der Waals surface area (Å²) in [4.78, 5) is 26.5. The molecule has 0 aliphatic heterocycles. The number of carbonyl (C=O) groups excluding carboxylic acids is 2. The molecule has 0 saturated heterocycles. The Hall–Kier alpha value is -1.96. The van der Waals surface area contributed by atoms with E-state index in [0.29, 0.717) is 37.0 Å². The van der Waals surface area contributed by atoms with Crippen molar-refractivity contribution in [1.82, 2.24) is 0 Å². The number of esters is 2. The van der Waals surface area contributed by atoms with Crippen LogP contribution in [0.5, 0.6) is 0 Å². The van der Waals surface area contributed by atoms with E-state index in [9.17, 15) is 14.7 Å². The molecule has 2 aromatic carbocycles. The average molecular weight is 686 g/mol. The van der Waals surface area contributed by atoms with E-state index in [4.69, 9.17) is 9.47 Å². The molecule has 0 aromatic heterocycles. The molecule has 0 heterocycles. The van der Waals surface area contributed by atoms with E-state index in [0.717, 1.165) is 34.6 Å². The molecule has 4 aliphatic carbocycles. The van der Waals surface area contributed by atoms with Crippen molar-refractivity contribution in [2.45, 2.75) is 77.4 Å². The van der Waals surface area contributed by atoms with Gasteiger partial charge in [0, 0.05) is 25.2 Å². The highest BCUT2D eigenvalue weighted by molar-refractivity contribution is 9.10. The molecular formula is C34H38Br2O5. The molecular weight excluding hydrogens is 648 g/mol. The third-order valence-corrected chi connectivity index (χ3v) is 12.3. The van der Waals surface area contributed by atoms with E-state index in [1.807, 2.05) is 24.3 Å². The van der Waals surface area contributed by atoms with Crippen molar-refractivity contribution in [1.29, 1.82) is 0 Å². The SMILES string of the molecule is CC1(C)CC=C[C@]2(C)[C@@H]1CC(OC(=O)c1ccc(Br)cc1)[C@@]13CC[C@@](COC(=O)c4ccc(Br)cc4)(CC[C@]12O)C3. The van der Waals surface area contributed by atoms with Crippen molar-refractivity contribution in [3.05, 3.63) is 80.8 Å². The quantitative estimate of drug-likeness (QED) is 0.253. The summed E-state index contributed by atoms with van der Waals surface area (Å²) < 4.78 is 14.2.